The molecule has 1 N–H and O–H groups in total. The van der Waals surface area contributed by atoms with Crippen molar-refractivity contribution >= 4 is 5.91 Å². The summed E-state index contributed by atoms with van der Waals surface area (Å²) in [6, 6.07) is 0. The van der Waals surface area contributed by atoms with Gasteiger partial charge in [-0.2, -0.15) is 0 Å². The normalized spacial score (nSPS) is 17.5. The minimum absolute atomic E-state index is 0.135. The molecule has 2 heteroatoms. The third-order valence-electron chi connectivity index (χ3n) is 1.50. The molecule has 0 aromatic rings. The molecule has 0 spiro atoms. The number of carbonyl (C=O) groups is 1. The van der Waals surface area contributed by atoms with E-state index >= 15 is 0 Å². The van der Waals surface area contributed by atoms with E-state index in [1.165, 1.54) is 5.57 Å². The van der Waals surface area contributed by atoms with Crippen LogP contribution in [0.5, 0.6) is 0 Å². The molecule has 56 valence electrons. The first-order valence-corrected chi connectivity index (χ1v) is 3.66. The van der Waals surface area contributed by atoms with E-state index in [4.69, 9.17) is 0 Å². The zero-order chi connectivity index (χ0) is 7.56. The first-order valence-electron chi connectivity index (χ1n) is 3.66. The van der Waals surface area contributed by atoms with Crippen molar-refractivity contribution in [1.29, 1.82) is 0 Å². The predicted molar refractivity (Wildman–Crippen MR) is 40.3 cm³/mol. The van der Waals surface area contributed by atoms with Gasteiger partial charge in [-0.15, -0.1) is 0 Å². The Morgan fingerprint density at radius 2 is 2.40 bits per heavy atom. The van der Waals surface area contributed by atoms with Gasteiger partial charge in [-0.3, -0.25) is 4.79 Å². The van der Waals surface area contributed by atoms with Gasteiger partial charge in [-0.1, -0.05) is 13.8 Å². The molecule has 0 atom stereocenters. The van der Waals surface area contributed by atoms with E-state index in [1.807, 2.05) is 6.20 Å². The maximum Gasteiger partial charge on any atom is 0.228 e. The van der Waals surface area contributed by atoms with Crippen molar-refractivity contribution in [2.24, 2.45) is 5.92 Å². The molecule has 0 unspecified atom stereocenters. The van der Waals surface area contributed by atoms with E-state index in [2.05, 4.69) is 19.2 Å². The Morgan fingerprint density at radius 3 is 2.80 bits per heavy atom. The number of carbonyl (C=O) groups excluding carboxylic acids is 1. The summed E-state index contributed by atoms with van der Waals surface area (Å²) in [6.45, 7) is 4.31. The van der Waals surface area contributed by atoms with Gasteiger partial charge in [0.05, 0.1) is 0 Å². The lowest BCUT2D eigenvalue weighted by Crippen LogP contribution is -2.08. The van der Waals surface area contributed by atoms with Crippen molar-refractivity contribution in [3.05, 3.63) is 11.8 Å². The summed E-state index contributed by atoms with van der Waals surface area (Å²) in [4.78, 5) is 10.7. The molecule has 0 saturated heterocycles. The van der Waals surface area contributed by atoms with Crippen LogP contribution in [0.3, 0.4) is 0 Å². The zero-order valence-electron chi connectivity index (χ0n) is 6.48. The summed E-state index contributed by atoms with van der Waals surface area (Å²) in [5.74, 6) is 0.787. The van der Waals surface area contributed by atoms with Crippen LogP contribution in [0.1, 0.15) is 26.7 Å². The molecule has 2 nitrogen and oxygen atoms in total. The van der Waals surface area contributed by atoms with Crippen molar-refractivity contribution in [2.75, 3.05) is 0 Å². The summed E-state index contributed by atoms with van der Waals surface area (Å²) in [5.41, 5.74) is 1.24. The quantitative estimate of drug-likeness (QED) is 0.616. The van der Waals surface area contributed by atoms with Crippen molar-refractivity contribution in [3.63, 3.8) is 0 Å². The molecule has 10 heavy (non-hydrogen) atoms. The van der Waals surface area contributed by atoms with Gasteiger partial charge < -0.3 is 5.32 Å². The minimum Gasteiger partial charge on any atom is -0.332 e. The van der Waals surface area contributed by atoms with Gasteiger partial charge in [-0.25, -0.2) is 0 Å². The number of hydrogen-bond donors (Lipinski definition) is 1. The summed E-state index contributed by atoms with van der Waals surface area (Å²) in [5, 5.41) is 2.67. The van der Waals surface area contributed by atoms with E-state index in [0.717, 1.165) is 6.42 Å². The fourth-order valence-electron chi connectivity index (χ4n) is 1.15. The fourth-order valence-corrected chi connectivity index (χ4v) is 1.15. The lowest BCUT2D eigenvalue weighted by Gasteiger charge is -2.01. The van der Waals surface area contributed by atoms with E-state index in [1.54, 1.807) is 0 Å². The number of nitrogens with one attached hydrogen (secondary N) is 1. The highest BCUT2D eigenvalue weighted by molar-refractivity contribution is 5.82. The summed E-state index contributed by atoms with van der Waals surface area (Å²) >= 11 is 0. The van der Waals surface area contributed by atoms with Gasteiger partial charge in [0.15, 0.2) is 0 Å². The van der Waals surface area contributed by atoms with Crippen LogP contribution in [0.25, 0.3) is 0 Å². The Kier molecular flexibility index (Phi) is 2.10. The molecule has 0 fully saturated rings. The first kappa shape index (κ1) is 7.32. The summed E-state index contributed by atoms with van der Waals surface area (Å²) in [7, 11) is 0. The van der Waals surface area contributed by atoms with Crippen LogP contribution in [0.4, 0.5) is 0 Å². The lowest BCUT2D eigenvalue weighted by molar-refractivity contribution is -0.118. The molecule has 1 aliphatic heterocycles. The largest absolute Gasteiger partial charge is 0.332 e. The molecule has 0 saturated carbocycles. The smallest absolute Gasteiger partial charge is 0.228 e. The molecular weight excluding hydrogens is 126 g/mol. The van der Waals surface area contributed by atoms with Gasteiger partial charge in [0.25, 0.3) is 0 Å². The SMILES string of the molecule is CC(C)CC1=CNC(=O)C1. The zero-order valence-corrected chi connectivity index (χ0v) is 6.48. The van der Waals surface area contributed by atoms with Gasteiger partial charge >= 0.3 is 0 Å². The second kappa shape index (κ2) is 2.86. The molecule has 0 aromatic carbocycles. The van der Waals surface area contributed by atoms with Crippen molar-refractivity contribution < 1.29 is 4.79 Å². The molecule has 1 rings (SSSR count). The molecule has 0 bridgehead atoms. The average Bonchev–Trinajstić information content (AvgIpc) is 2.13. The Bertz CT molecular complexity index is 170. The molecule has 1 aliphatic rings. The van der Waals surface area contributed by atoms with E-state index in [9.17, 15) is 4.79 Å². The second-order valence-corrected chi connectivity index (χ2v) is 3.14. The molecule has 0 aromatic heterocycles. The third kappa shape index (κ3) is 1.87. The van der Waals surface area contributed by atoms with Crippen LogP contribution >= 0.6 is 0 Å². The lowest BCUT2D eigenvalue weighted by atomic mass is 10.0. The van der Waals surface area contributed by atoms with Gasteiger partial charge in [0, 0.05) is 12.6 Å². The van der Waals surface area contributed by atoms with Crippen molar-refractivity contribution in [3.8, 4) is 0 Å². The van der Waals surface area contributed by atoms with Crippen molar-refractivity contribution in [1.82, 2.24) is 5.32 Å². The van der Waals surface area contributed by atoms with E-state index in [0.29, 0.717) is 12.3 Å². The Hall–Kier alpha value is -0.790. The Balaban J connectivity index is 2.37. The minimum atomic E-state index is 0.135. The summed E-state index contributed by atoms with van der Waals surface area (Å²) < 4.78 is 0. The van der Waals surface area contributed by atoms with E-state index < -0.39 is 0 Å². The van der Waals surface area contributed by atoms with Crippen LogP contribution in [0, 0.1) is 5.92 Å². The van der Waals surface area contributed by atoms with Crippen LogP contribution < -0.4 is 5.32 Å². The molecule has 1 amide bonds. The van der Waals surface area contributed by atoms with Crippen LogP contribution in [-0.4, -0.2) is 5.91 Å². The van der Waals surface area contributed by atoms with Gasteiger partial charge in [0.1, 0.15) is 0 Å². The maximum absolute atomic E-state index is 10.7. The highest BCUT2D eigenvalue weighted by Crippen LogP contribution is 2.16. The number of hydrogen-bond acceptors (Lipinski definition) is 1. The van der Waals surface area contributed by atoms with Crippen LogP contribution in [0.15, 0.2) is 11.8 Å². The third-order valence-corrected chi connectivity index (χ3v) is 1.50. The Morgan fingerprint density at radius 1 is 1.70 bits per heavy atom. The van der Waals surface area contributed by atoms with Gasteiger partial charge in [-0.05, 0) is 17.9 Å². The summed E-state index contributed by atoms with van der Waals surface area (Å²) in [6.07, 6.45) is 3.49. The Labute approximate surface area is 61.3 Å². The van der Waals surface area contributed by atoms with Crippen LogP contribution in [0.2, 0.25) is 0 Å². The number of amides is 1. The fraction of sp³-hybridized carbons (Fsp3) is 0.625. The van der Waals surface area contributed by atoms with Crippen molar-refractivity contribution in [2.45, 2.75) is 26.7 Å². The van der Waals surface area contributed by atoms with Crippen LogP contribution in [-0.2, 0) is 4.79 Å². The van der Waals surface area contributed by atoms with Gasteiger partial charge in [0.2, 0.25) is 5.91 Å². The van der Waals surface area contributed by atoms with E-state index in [-0.39, 0.29) is 5.91 Å². The second-order valence-electron chi connectivity index (χ2n) is 3.14. The maximum atomic E-state index is 10.7. The first-order chi connectivity index (χ1) is 4.68. The molecule has 1 heterocycles. The number of rotatable bonds is 2. The molecule has 0 aliphatic carbocycles. The molecule has 0 radical (unpaired) electrons. The monoisotopic (exact) mass is 139 g/mol. The highest BCUT2D eigenvalue weighted by atomic mass is 16.1. The predicted octanol–water partition coefficient (Wildman–Crippen LogP) is 1.44. The molecular formula is C8H13NO. The average molecular weight is 139 g/mol. The topological polar surface area (TPSA) is 29.1 Å². The standard InChI is InChI=1S/C8H13NO/c1-6(2)3-7-4-8(10)9-5-7/h5-6H,3-4H2,1-2H3,(H,9,10). The highest BCUT2D eigenvalue weighted by Gasteiger charge is 2.12.